The molecule has 86 heavy (non-hydrogen) atoms. The molecule has 9 heteroatoms. The van der Waals surface area contributed by atoms with E-state index in [1.165, 1.54) is 193 Å². The van der Waals surface area contributed by atoms with E-state index in [1.54, 1.807) is 6.08 Å². The first-order valence-corrected chi connectivity index (χ1v) is 35.8. The van der Waals surface area contributed by atoms with Crippen LogP contribution in [0.2, 0.25) is 0 Å². The van der Waals surface area contributed by atoms with Gasteiger partial charge in [-0.25, -0.2) is 0 Å². The Morgan fingerprint density at radius 1 is 0.407 bits per heavy atom. The number of allylic oxidation sites excluding steroid dienone is 19. The van der Waals surface area contributed by atoms with Gasteiger partial charge in [0.15, 0.2) is 6.29 Å². The van der Waals surface area contributed by atoms with Crippen molar-refractivity contribution >= 4 is 5.91 Å². The molecule has 9 nitrogen and oxygen atoms in total. The molecular weight excluding hydrogens is 1070 g/mol. The molecule has 0 aliphatic carbocycles. The Hall–Kier alpha value is -3.41. The zero-order valence-corrected chi connectivity index (χ0v) is 55.3. The smallest absolute Gasteiger partial charge is 0.220 e. The van der Waals surface area contributed by atoms with Crippen molar-refractivity contribution < 1.29 is 39.8 Å². The van der Waals surface area contributed by atoms with E-state index in [-0.39, 0.29) is 12.5 Å². The zero-order chi connectivity index (χ0) is 62.1. The van der Waals surface area contributed by atoms with E-state index in [0.29, 0.717) is 6.42 Å². The molecule has 494 valence electrons. The first-order valence-electron chi connectivity index (χ1n) is 35.8. The third kappa shape index (κ3) is 52.5. The average Bonchev–Trinajstić information content (AvgIpc) is 2.36. The third-order valence-electron chi connectivity index (χ3n) is 16.2. The van der Waals surface area contributed by atoms with E-state index in [9.17, 15) is 30.3 Å². The average molecular weight is 1200 g/mol. The van der Waals surface area contributed by atoms with Crippen molar-refractivity contribution in [2.75, 3.05) is 13.2 Å². The summed E-state index contributed by atoms with van der Waals surface area (Å²) < 4.78 is 11.3. The molecule has 1 heterocycles. The molecule has 0 aromatic carbocycles. The number of hydrogen-bond donors (Lipinski definition) is 6. The molecular formula is C77H133NO8. The Labute approximate surface area is 528 Å². The maximum atomic E-state index is 13.1. The predicted molar refractivity (Wildman–Crippen MR) is 368 cm³/mol. The van der Waals surface area contributed by atoms with Crippen LogP contribution in [0.4, 0.5) is 0 Å². The summed E-state index contributed by atoms with van der Waals surface area (Å²) >= 11 is 0. The van der Waals surface area contributed by atoms with Gasteiger partial charge < -0.3 is 40.3 Å². The van der Waals surface area contributed by atoms with Crippen molar-refractivity contribution in [2.24, 2.45) is 0 Å². The number of aliphatic hydroxyl groups is 5. The van der Waals surface area contributed by atoms with Gasteiger partial charge in [-0.15, -0.1) is 0 Å². The molecule has 0 aromatic rings. The van der Waals surface area contributed by atoms with Crippen LogP contribution < -0.4 is 5.32 Å². The molecule has 1 fully saturated rings. The van der Waals surface area contributed by atoms with Crippen molar-refractivity contribution in [2.45, 2.75) is 346 Å². The molecule has 1 rings (SSSR count). The van der Waals surface area contributed by atoms with Crippen molar-refractivity contribution in [1.82, 2.24) is 5.32 Å². The standard InChI is InChI=1S/C77H133NO8/c1-3-5-7-9-11-13-15-17-19-21-23-25-27-28-29-30-31-32-33-34-35-36-37-38-39-40-41-42-43-44-45-47-49-51-53-55-57-59-61-63-65-67-73(81)78-70(69-85-77-76(84)75(83)74(82)72(68-79)86-77)71(80)66-64-62-60-58-56-54-52-50-48-46-26-24-22-20-18-16-14-12-10-8-6-4-2/h5,7,11,13,17,19,23,25,28-29,31-32,34-35,48,50,56,58,64,66,70-72,74-77,79-80,82-84H,3-4,6,8-10,12,14-16,18,20-22,24,26-27,30,33,36-47,49,51-55,57,59-63,65,67-69H2,1-2H3,(H,78,81)/b7-5-,13-11-,19-17-,25-23-,29-28-,32-31-,35-34-,50-48+,58-56+,66-64+. The van der Waals surface area contributed by atoms with E-state index < -0.39 is 49.5 Å². The van der Waals surface area contributed by atoms with Gasteiger partial charge in [-0.1, -0.05) is 315 Å². The zero-order valence-electron chi connectivity index (χ0n) is 55.3. The second kappa shape index (κ2) is 64.6. The van der Waals surface area contributed by atoms with Gasteiger partial charge in [0.05, 0.1) is 25.4 Å². The topological polar surface area (TPSA) is 149 Å². The maximum Gasteiger partial charge on any atom is 0.220 e. The summed E-state index contributed by atoms with van der Waals surface area (Å²) in [4.78, 5) is 13.1. The van der Waals surface area contributed by atoms with Gasteiger partial charge in [0.25, 0.3) is 0 Å². The number of amides is 1. The molecule has 7 unspecified atom stereocenters. The van der Waals surface area contributed by atoms with Crippen LogP contribution in [0.1, 0.15) is 303 Å². The van der Waals surface area contributed by atoms with E-state index in [1.807, 2.05) is 6.08 Å². The van der Waals surface area contributed by atoms with Gasteiger partial charge in [0, 0.05) is 6.42 Å². The largest absolute Gasteiger partial charge is 0.394 e. The summed E-state index contributed by atoms with van der Waals surface area (Å²) in [5.41, 5.74) is 0. The van der Waals surface area contributed by atoms with E-state index in [2.05, 4.69) is 129 Å². The highest BCUT2D eigenvalue weighted by Gasteiger charge is 2.44. The Kier molecular flexibility index (Phi) is 60.5. The van der Waals surface area contributed by atoms with Crippen LogP contribution >= 0.6 is 0 Å². The Balaban J connectivity index is 2.11. The molecule has 0 radical (unpaired) electrons. The van der Waals surface area contributed by atoms with Crippen LogP contribution in [0.15, 0.2) is 122 Å². The van der Waals surface area contributed by atoms with Crippen LogP contribution in [0.5, 0.6) is 0 Å². The summed E-state index contributed by atoms with van der Waals surface area (Å²) in [6.45, 7) is 3.66. The van der Waals surface area contributed by atoms with Gasteiger partial charge in [0.2, 0.25) is 5.91 Å². The number of rotatable bonds is 61. The molecule has 0 aromatic heterocycles. The van der Waals surface area contributed by atoms with Crippen LogP contribution in [-0.2, 0) is 14.3 Å². The Morgan fingerprint density at radius 3 is 1.12 bits per heavy atom. The number of hydrogen-bond acceptors (Lipinski definition) is 8. The number of ether oxygens (including phenoxy) is 2. The van der Waals surface area contributed by atoms with Gasteiger partial charge in [-0.3, -0.25) is 4.79 Å². The number of carbonyl (C=O) groups excluding carboxylic acids is 1. The lowest BCUT2D eigenvalue weighted by Gasteiger charge is -2.40. The molecule has 1 aliphatic rings. The van der Waals surface area contributed by atoms with Crippen LogP contribution in [-0.4, -0.2) is 87.5 Å². The number of carbonyl (C=O) groups is 1. The highest BCUT2D eigenvalue weighted by atomic mass is 16.7. The Morgan fingerprint density at radius 2 is 0.733 bits per heavy atom. The lowest BCUT2D eigenvalue weighted by molar-refractivity contribution is -0.302. The minimum Gasteiger partial charge on any atom is -0.394 e. The normalized spacial score (nSPS) is 18.8. The molecule has 0 bridgehead atoms. The quantitative estimate of drug-likeness (QED) is 0.0261. The first-order chi connectivity index (χ1) is 42.3. The molecule has 1 aliphatic heterocycles. The fourth-order valence-corrected chi connectivity index (χ4v) is 10.7. The van der Waals surface area contributed by atoms with E-state index >= 15 is 0 Å². The third-order valence-corrected chi connectivity index (χ3v) is 16.2. The number of aliphatic hydroxyl groups excluding tert-OH is 5. The fourth-order valence-electron chi connectivity index (χ4n) is 10.7. The SMILES string of the molecule is CC/C=C\C/C=C\C/C=C\C/C=C\C/C=C\C/C=C\C/C=C\CCCCCCCCCCCCCCCCCCCCCC(=O)NC(COC1OC(CO)C(O)C(O)C1O)C(O)/C=C/CC/C=C/CC/C=C/CCCCCCCCCCCCCC. The molecule has 1 saturated heterocycles. The summed E-state index contributed by atoms with van der Waals surface area (Å²) in [7, 11) is 0. The maximum absolute atomic E-state index is 13.1. The molecule has 0 saturated carbocycles. The minimum atomic E-state index is -1.58. The Bertz CT molecular complexity index is 1780. The predicted octanol–water partition coefficient (Wildman–Crippen LogP) is 19.8. The van der Waals surface area contributed by atoms with Gasteiger partial charge >= 0.3 is 0 Å². The monoisotopic (exact) mass is 1200 g/mol. The van der Waals surface area contributed by atoms with Crippen LogP contribution in [0.3, 0.4) is 0 Å². The van der Waals surface area contributed by atoms with Crippen molar-refractivity contribution in [3.8, 4) is 0 Å². The summed E-state index contributed by atoms with van der Waals surface area (Å²) in [6.07, 6.45) is 90.2. The highest BCUT2D eigenvalue weighted by Crippen LogP contribution is 2.23. The van der Waals surface area contributed by atoms with Crippen molar-refractivity contribution in [1.29, 1.82) is 0 Å². The van der Waals surface area contributed by atoms with Gasteiger partial charge in [-0.05, 0) is 103 Å². The second-order valence-electron chi connectivity index (χ2n) is 24.3. The van der Waals surface area contributed by atoms with Crippen LogP contribution in [0.25, 0.3) is 0 Å². The van der Waals surface area contributed by atoms with Crippen LogP contribution in [0, 0.1) is 0 Å². The van der Waals surface area contributed by atoms with Crippen molar-refractivity contribution in [3.05, 3.63) is 122 Å². The molecule has 7 atom stereocenters. The molecule has 1 amide bonds. The second-order valence-corrected chi connectivity index (χ2v) is 24.3. The van der Waals surface area contributed by atoms with E-state index in [4.69, 9.17) is 9.47 Å². The molecule has 6 N–H and O–H groups in total. The van der Waals surface area contributed by atoms with E-state index in [0.717, 1.165) is 89.9 Å². The highest BCUT2D eigenvalue weighted by molar-refractivity contribution is 5.76. The fraction of sp³-hybridized carbons (Fsp3) is 0.727. The lowest BCUT2D eigenvalue weighted by Crippen LogP contribution is -2.60. The lowest BCUT2D eigenvalue weighted by atomic mass is 9.99. The summed E-state index contributed by atoms with van der Waals surface area (Å²) in [6, 6.07) is -0.834. The summed E-state index contributed by atoms with van der Waals surface area (Å²) in [5, 5.41) is 54.7. The minimum absolute atomic E-state index is 0.190. The first kappa shape index (κ1) is 80.6. The van der Waals surface area contributed by atoms with Gasteiger partial charge in [0.1, 0.15) is 24.4 Å². The molecule has 0 spiro atoms. The number of unbranched alkanes of at least 4 members (excludes halogenated alkanes) is 33. The van der Waals surface area contributed by atoms with Gasteiger partial charge in [-0.2, -0.15) is 0 Å². The van der Waals surface area contributed by atoms with Crippen molar-refractivity contribution in [3.63, 3.8) is 0 Å². The summed E-state index contributed by atoms with van der Waals surface area (Å²) in [5.74, 6) is -0.190. The number of nitrogens with one attached hydrogen (secondary N) is 1.